The van der Waals surface area contributed by atoms with Crippen molar-refractivity contribution in [1.29, 1.82) is 0 Å². The molecule has 0 radical (unpaired) electrons. The average Bonchev–Trinajstić information content (AvgIpc) is 2.27. The van der Waals surface area contributed by atoms with Gasteiger partial charge in [0, 0.05) is 7.11 Å². The van der Waals surface area contributed by atoms with Gasteiger partial charge in [0.05, 0.1) is 5.69 Å². The van der Waals surface area contributed by atoms with Crippen molar-refractivity contribution < 1.29 is 14.3 Å². The first-order valence-electron chi connectivity index (χ1n) is 4.36. The Hall–Kier alpha value is -1.88. The predicted molar refractivity (Wildman–Crippen MR) is 55.0 cm³/mol. The Bertz CT molecular complexity index is 327. The van der Waals surface area contributed by atoms with Crippen molar-refractivity contribution in [3.63, 3.8) is 0 Å². The van der Waals surface area contributed by atoms with Crippen LogP contribution < -0.4 is 10.4 Å². The van der Waals surface area contributed by atoms with Crippen molar-refractivity contribution in [3.8, 4) is 0 Å². The van der Waals surface area contributed by atoms with Gasteiger partial charge in [0.1, 0.15) is 6.61 Å². The molecule has 1 rings (SSSR count). The Morgan fingerprint density at radius 3 is 2.67 bits per heavy atom. The number of hydrogen-bond acceptors (Lipinski definition) is 3. The lowest BCUT2D eigenvalue weighted by molar-refractivity contribution is -0.126. The molecule has 15 heavy (non-hydrogen) atoms. The van der Waals surface area contributed by atoms with Gasteiger partial charge in [-0.15, -0.1) is 0 Å². The van der Waals surface area contributed by atoms with Gasteiger partial charge in [0.2, 0.25) is 6.41 Å². The summed E-state index contributed by atoms with van der Waals surface area (Å²) in [6.07, 6.45) is 0.531. The van der Waals surface area contributed by atoms with E-state index in [1.165, 1.54) is 7.11 Å². The minimum absolute atomic E-state index is 0.0861. The molecule has 0 aliphatic carbocycles. The van der Waals surface area contributed by atoms with Crippen molar-refractivity contribution in [3.05, 3.63) is 30.3 Å². The van der Waals surface area contributed by atoms with Crippen LogP contribution in [0.15, 0.2) is 30.3 Å². The Kier molecular flexibility index (Phi) is 4.30. The molecule has 1 N–H and O–H groups in total. The van der Waals surface area contributed by atoms with Gasteiger partial charge in [-0.1, -0.05) is 18.2 Å². The van der Waals surface area contributed by atoms with Crippen LogP contribution in [0.5, 0.6) is 0 Å². The highest BCUT2D eigenvalue weighted by atomic mass is 16.5. The lowest BCUT2D eigenvalue weighted by atomic mass is 10.3. The number of nitrogens with one attached hydrogen (secondary N) is 1. The van der Waals surface area contributed by atoms with E-state index in [9.17, 15) is 9.59 Å². The zero-order valence-electron chi connectivity index (χ0n) is 8.34. The Morgan fingerprint density at radius 2 is 2.13 bits per heavy atom. The first kappa shape index (κ1) is 11.2. The average molecular weight is 208 g/mol. The first-order chi connectivity index (χ1) is 7.27. The molecule has 5 nitrogen and oxygen atoms in total. The highest BCUT2D eigenvalue weighted by Crippen LogP contribution is 2.08. The van der Waals surface area contributed by atoms with Crippen LogP contribution in [-0.4, -0.2) is 26.0 Å². The number of benzene rings is 1. The molecule has 0 aliphatic rings. The summed E-state index contributed by atoms with van der Waals surface area (Å²) in [5.74, 6) is -0.381. The van der Waals surface area contributed by atoms with Crippen LogP contribution >= 0.6 is 0 Å². The van der Waals surface area contributed by atoms with Crippen LogP contribution in [-0.2, 0) is 14.3 Å². The molecule has 1 aromatic rings. The number of carbonyl (C=O) groups is 2. The summed E-state index contributed by atoms with van der Waals surface area (Å²) in [6, 6.07) is 8.79. The third kappa shape index (κ3) is 3.40. The van der Waals surface area contributed by atoms with E-state index in [0.717, 1.165) is 5.01 Å². The molecule has 0 bridgehead atoms. The van der Waals surface area contributed by atoms with Gasteiger partial charge in [-0.05, 0) is 12.1 Å². The number of hydrogen-bond donors (Lipinski definition) is 1. The van der Waals surface area contributed by atoms with Crippen LogP contribution in [0.3, 0.4) is 0 Å². The van der Waals surface area contributed by atoms with Gasteiger partial charge in [-0.3, -0.25) is 15.0 Å². The number of methoxy groups -OCH3 is 1. The largest absolute Gasteiger partial charge is 0.375 e. The molecular weight excluding hydrogens is 196 g/mol. The van der Waals surface area contributed by atoms with E-state index in [1.54, 1.807) is 24.3 Å². The fourth-order valence-electron chi connectivity index (χ4n) is 1.04. The molecule has 0 spiro atoms. The maximum atomic E-state index is 11.1. The number of rotatable bonds is 5. The number of para-hydroxylation sites is 1. The standard InChI is InChI=1S/C10H12N2O3/c1-15-7-10(14)11-12(8-13)9-5-3-2-4-6-9/h2-6,8H,7H2,1H3,(H,11,14). The summed E-state index contributed by atoms with van der Waals surface area (Å²) < 4.78 is 4.63. The van der Waals surface area contributed by atoms with E-state index in [-0.39, 0.29) is 12.5 Å². The molecule has 0 aromatic heterocycles. The second kappa shape index (κ2) is 5.77. The minimum Gasteiger partial charge on any atom is -0.375 e. The molecule has 1 aromatic carbocycles. The monoisotopic (exact) mass is 208 g/mol. The third-order valence-corrected chi connectivity index (χ3v) is 1.66. The lowest BCUT2D eigenvalue weighted by Crippen LogP contribution is -2.43. The number of ether oxygens (including phenoxy) is 1. The second-order valence-corrected chi connectivity index (χ2v) is 2.78. The van der Waals surface area contributed by atoms with Gasteiger partial charge in [-0.2, -0.15) is 0 Å². The van der Waals surface area contributed by atoms with E-state index < -0.39 is 0 Å². The van der Waals surface area contributed by atoms with Gasteiger partial charge in [-0.25, -0.2) is 5.01 Å². The topological polar surface area (TPSA) is 58.6 Å². The summed E-state index contributed by atoms with van der Waals surface area (Å²) in [4.78, 5) is 21.9. The van der Waals surface area contributed by atoms with E-state index >= 15 is 0 Å². The summed E-state index contributed by atoms with van der Waals surface area (Å²) >= 11 is 0. The minimum atomic E-state index is -0.381. The Labute approximate surface area is 87.6 Å². The molecule has 0 heterocycles. The summed E-state index contributed by atoms with van der Waals surface area (Å²) in [6.45, 7) is -0.0861. The van der Waals surface area contributed by atoms with Crippen molar-refractivity contribution in [1.82, 2.24) is 5.43 Å². The zero-order chi connectivity index (χ0) is 11.1. The summed E-state index contributed by atoms with van der Waals surface area (Å²) in [7, 11) is 1.41. The van der Waals surface area contributed by atoms with Crippen molar-refractivity contribution in [2.24, 2.45) is 0 Å². The summed E-state index contributed by atoms with van der Waals surface area (Å²) in [5, 5.41) is 1.10. The molecule has 0 unspecified atom stereocenters. The fourth-order valence-corrected chi connectivity index (χ4v) is 1.04. The Morgan fingerprint density at radius 1 is 1.47 bits per heavy atom. The predicted octanol–water partition coefficient (Wildman–Crippen LogP) is 0.327. The maximum Gasteiger partial charge on any atom is 0.264 e. The van der Waals surface area contributed by atoms with Crippen molar-refractivity contribution in [2.45, 2.75) is 0 Å². The molecule has 0 aliphatic heterocycles. The number of hydrazine groups is 1. The number of amides is 2. The highest BCUT2D eigenvalue weighted by Gasteiger charge is 2.07. The van der Waals surface area contributed by atoms with Gasteiger partial charge in [0.15, 0.2) is 0 Å². The molecule has 80 valence electrons. The maximum absolute atomic E-state index is 11.1. The van der Waals surface area contributed by atoms with Crippen LogP contribution in [0, 0.1) is 0 Å². The smallest absolute Gasteiger partial charge is 0.264 e. The Balaban J connectivity index is 2.65. The zero-order valence-corrected chi connectivity index (χ0v) is 8.34. The summed E-state index contributed by atoms with van der Waals surface area (Å²) in [5.41, 5.74) is 2.98. The van der Waals surface area contributed by atoms with Gasteiger partial charge in [0.25, 0.3) is 5.91 Å². The molecule has 5 heteroatoms. The lowest BCUT2D eigenvalue weighted by Gasteiger charge is -2.17. The number of nitrogens with zero attached hydrogens (tertiary/aromatic N) is 1. The molecule has 0 saturated carbocycles. The second-order valence-electron chi connectivity index (χ2n) is 2.78. The van der Waals surface area contributed by atoms with Crippen LogP contribution in [0.25, 0.3) is 0 Å². The molecule has 0 fully saturated rings. The van der Waals surface area contributed by atoms with E-state index in [2.05, 4.69) is 10.2 Å². The van der Waals surface area contributed by atoms with E-state index in [1.807, 2.05) is 6.07 Å². The highest BCUT2D eigenvalue weighted by molar-refractivity contribution is 5.85. The normalized spacial score (nSPS) is 9.40. The van der Waals surface area contributed by atoms with Crippen molar-refractivity contribution in [2.75, 3.05) is 18.7 Å². The van der Waals surface area contributed by atoms with Gasteiger partial charge < -0.3 is 4.74 Å². The van der Waals surface area contributed by atoms with Gasteiger partial charge >= 0.3 is 0 Å². The number of anilines is 1. The fraction of sp³-hybridized carbons (Fsp3) is 0.200. The quantitative estimate of drug-likeness (QED) is 0.560. The van der Waals surface area contributed by atoms with Crippen LogP contribution in [0.2, 0.25) is 0 Å². The molecule has 0 atom stereocenters. The van der Waals surface area contributed by atoms with E-state index in [4.69, 9.17) is 0 Å². The molecular formula is C10H12N2O3. The molecule has 2 amide bonds. The SMILES string of the molecule is COCC(=O)NN(C=O)c1ccccc1. The molecule has 0 saturated heterocycles. The van der Waals surface area contributed by atoms with Crippen molar-refractivity contribution >= 4 is 18.0 Å². The van der Waals surface area contributed by atoms with E-state index in [0.29, 0.717) is 12.1 Å². The number of carbonyl (C=O) groups excluding carboxylic acids is 2. The van der Waals surface area contributed by atoms with Crippen LogP contribution in [0.4, 0.5) is 5.69 Å². The van der Waals surface area contributed by atoms with Crippen LogP contribution in [0.1, 0.15) is 0 Å². The first-order valence-corrected chi connectivity index (χ1v) is 4.36. The third-order valence-electron chi connectivity index (χ3n) is 1.66.